The molecule has 0 saturated heterocycles. The van der Waals surface area contributed by atoms with Gasteiger partial charge in [0.2, 0.25) is 0 Å². The van der Waals surface area contributed by atoms with E-state index >= 15 is 0 Å². The molecule has 0 aliphatic carbocycles. The molecule has 3 nitrogen and oxygen atoms in total. The van der Waals surface area contributed by atoms with Crippen molar-refractivity contribution in [1.82, 2.24) is 0 Å². The van der Waals surface area contributed by atoms with Gasteiger partial charge in [-0.3, -0.25) is 0 Å². The van der Waals surface area contributed by atoms with Crippen LogP contribution in [0.2, 0.25) is 0 Å². The highest BCUT2D eigenvalue weighted by Crippen LogP contribution is 2.34. The number of unbranched alkanes of at least 4 members (excludes halogenated alkanes) is 3. The second kappa shape index (κ2) is 6.26. The van der Waals surface area contributed by atoms with Gasteiger partial charge in [0.05, 0.1) is 6.61 Å². The van der Waals surface area contributed by atoms with Gasteiger partial charge in [0.1, 0.15) is 5.75 Å². The molecule has 0 unspecified atom stereocenters. The van der Waals surface area contributed by atoms with Crippen LogP contribution in [0.15, 0.2) is 12.1 Å². The number of phenols is 2. The van der Waals surface area contributed by atoms with Gasteiger partial charge in [0.25, 0.3) is 0 Å². The standard InChI is InChI=1S/C13H20O3/c1-3-4-5-6-9-16-12-8-7-11(14)13(15)10(12)2/h7-8,14-15H,3-6,9H2,1-2H3. The predicted octanol–water partition coefficient (Wildman–Crippen LogP) is 3.37. The summed E-state index contributed by atoms with van der Waals surface area (Å²) in [5.41, 5.74) is 0.593. The van der Waals surface area contributed by atoms with Crippen LogP contribution in [0.1, 0.15) is 38.2 Å². The van der Waals surface area contributed by atoms with Crippen LogP contribution in [0, 0.1) is 6.92 Å². The highest BCUT2D eigenvalue weighted by atomic mass is 16.5. The van der Waals surface area contributed by atoms with Crippen molar-refractivity contribution in [2.24, 2.45) is 0 Å². The predicted molar refractivity (Wildman–Crippen MR) is 64.1 cm³/mol. The van der Waals surface area contributed by atoms with Gasteiger partial charge in [-0.1, -0.05) is 26.2 Å². The fourth-order valence-corrected chi connectivity index (χ4v) is 1.53. The first-order valence-corrected chi connectivity index (χ1v) is 5.81. The second-order valence-corrected chi connectivity index (χ2v) is 3.97. The molecule has 1 aromatic rings. The molecule has 0 atom stereocenters. The Morgan fingerprint density at radius 2 is 1.88 bits per heavy atom. The van der Waals surface area contributed by atoms with E-state index < -0.39 is 0 Å². The average Bonchev–Trinajstić information content (AvgIpc) is 2.28. The minimum absolute atomic E-state index is 0.0916. The van der Waals surface area contributed by atoms with Gasteiger partial charge in [-0.05, 0) is 25.5 Å². The molecule has 0 aromatic heterocycles. The number of aromatic hydroxyl groups is 2. The summed E-state index contributed by atoms with van der Waals surface area (Å²) in [6, 6.07) is 3.13. The molecular weight excluding hydrogens is 204 g/mol. The maximum Gasteiger partial charge on any atom is 0.164 e. The SMILES string of the molecule is CCCCCCOc1ccc(O)c(O)c1C. The van der Waals surface area contributed by atoms with E-state index in [0.717, 1.165) is 6.42 Å². The third-order valence-electron chi connectivity index (χ3n) is 2.62. The number of phenolic OH excluding ortho intramolecular Hbond substituents is 2. The molecule has 1 rings (SSSR count). The Morgan fingerprint density at radius 1 is 1.12 bits per heavy atom. The maximum atomic E-state index is 9.50. The van der Waals surface area contributed by atoms with Crippen LogP contribution in [-0.4, -0.2) is 16.8 Å². The minimum Gasteiger partial charge on any atom is -0.504 e. The van der Waals surface area contributed by atoms with E-state index in [4.69, 9.17) is 4.74 Å². The molecule has 0 bridgehead atoms. The molecule has 0 aliphatic heterocycles. The first-order valence-electron chi connectivity index (χ1n) is 5.81. The Kier molecular flexibility index (Phi) is 4.96. The van der Waals surface area contributed by atoms with Gasteiger partial charge in [-0.25, -0.2) is 0 Å². The molecule has 0 saturated carbocycles. The second-order valence-electron chi connectivity index (χ2n) is 3.97. The van der Waals surface area contributed by atoms with Crippen LogP contribution in [0.3, 0.4) is 0 Å². The van der Waals surface area contributed by atoms with Crippen LogP contribution in [0.4, 0.5) is 0 Å². The topological polar surface area (TPSA) is 49.7 Å². The highest BCUT2D eigenvalue weighted by molar-refractivity contribution is 5.51. The van der Waals surface area contributed by atoms with E-state index in [1.54, 1.807) is 13.0 Å². The lowest BCUT2D eigenvalue weighted by molar-refractivity contribution is 0.299. The summed E-state index contributed by atoms with van der Waals surface area (Å²) in [6.45, 7) is 4.56. The molecule has 90 valence electrons. The average molecular weight is 224 g/mol. The number of hydrogen-bond donors (Lipinski definition) is 2. The van der Waals surface area contributed by atoms with E-state index in [2.05, 4.69) is 6.92 Å². The summed E-state index contributed by atoms with van der Waals surface area (Å²) in [5.74, 6) is 0.452. The third-order valence-corrected chi connectivity index (χ3v) is 2.62. The summed E-state index contributed by atoms with van der Waals surface area (Å²) < 4.78 is 5.55. The molecule has 16 heavy (non-hydrogen) atoms. The summed E-state index contributed by atoms with van der Waals surface area (Å²) in [5, 5.41) is 18.8. The molecule has 0 aliphatic rings. The number of rotatable bonds is 6. The lowest BCUT2D eigenvalue weighted by atomic mass is 10.2. The summed E-state index contributed by atoms with van der Waals surface area (Å²) in [6.07, 6.45) is 4.62. The summed E-state index contributed by atoms with van der Waals surface area (Å²) in [4.78, 5) is 0. The van der Waals surface area contributed by atoms with Crippen molar-refractivity contribution in [2.75, 3.05) is 6.61 Å². The number of hydrogen-bond acceptors (Lipinski definition) is 3. The molecule has 0 spiro atoms. The van der Waals surface area contributed by atoms with Crippen LogP contribution in [-0.2, 0) is 0 Å². The van der Waals surface area contributed by atoms with Crippen molar-refractivity contribution in [3.05, 3.63) is 17.7 Å². The number of benzene rings is 1. The normalized spacial score (nSPS) is 10.4. The fraction of sp³-hybridized carbons (Fsp3) is 0.538. The van der Waals surface area contributed by atoms with Gasteiger partial charge >= 0.3 is 0 Å². The molecule has 0 fully saturated rings. The first-order chi connectivity index (χ1) is 7.66. The zero-order chi connectivity index (χ0) is 12.0. The Morgan fingerprint density at radius 3 is 2.56 bits per heavy atom. The molecule has 1 aromatic carbocycles. The highest BCUT2D eigenvalue weighted by Gasteiger charge is 2.08. The molecule has 0 radical (unpaired) electrons. The molecule has 0 amide bonds. The van der Waals surface area contributed by atoms with Crippen molar-refractivity contribution in [1.29, 1.82) is 0 Å². The van der Waals surface area contributed by atoms with Crippen molar-refractivity contribution in [3.63, 3.8) is 0 Å². The Hall–Kier alpha value is -1.38. The van der Waals surface area contributed by atoms with Crippen LogP contribution >= 0.6 is 0 Å². The fourth-order valence-electron chi connectivity index (χ4n) is 1.53. The zero-order valence-electron chi connectivity index (χ0n) is 9.99. The van der Waals surface area contributed by atoms with Crippen molar-refractivity contribution < 1.29 is 14.9 Å². The smallest absolute Gasteiger partial charge is 0.164 e. The van der Waals surface area contributed by atoms with Crippen LogP contribution in [0.25, 0.3) is 0 Å². The van der Waals surface area contributed by atoms with E-state index in [0.29, 0.717) is 17.9 Å². The first kappa shape index (κ1) is 12.7. The number of ether oxygens (including phenoxy) is 1. The van der Waals surface area contributed by atoms with Gasteiger partial charge < -0.3 is 14.9 Å². The van der Waals surface area contributed by atoms with Crippen molar-refractivity contribution in [2.45, 2.75) is 39.5 Å². The Labute approximate surface area is 96.7 Å². The lowest BCUT2D eigenvalue weighted by Crippen LogP contribution is -1.98. The van der Waals surface area contributed by atoms with Crippen LogP contribution in [0.5, 0.6) is 17.2 Å². The third kappa shape index (κ3) is 3.33. The zero-order valence-corrected chi connectivity index (χ0v) is 9.99. The lowest BCUT2D eigenvalue weighted by Gasteiger charge is -2.10. The molecule has 0 heterocycles. The quantitative estimate of drug-likeness (QED) is 0.575. The van der Waals surface area contributed by atoms with Crippen LogP contribution < -0.4 is 4.74 Å². The minimum atomic E-state index is -0.101. The van der Waals surface area contributed by atoms with Gasteiger partial charge in [-0.2, -0.15) is 0 Å². The van der Waals surface area contributed by atoms with E-state index in [-0.39, 0.29) is 11.5 Å². The van der Waals surface area contributed by atoms with Crippen molar-refractivity contribution in [3.8, 4) is 17.2 Å². The van der Waals surface area contributed by atoms with Crippen molar-refractivity contribution >= 4 is 0 Å². The van der Waals surface area contributed by atoms with E-state index in [1.165, 1.54) is 25.3 Å². The van der Waals surface area contributed by atoms with Gasteiger partial charge in [0, 0.05) is 5.56 Å². The Bertz CT molecular complexity index is 334. The molecule has 2 N–H and O–H groups in total. The van der Waals surface area contributed by atoms with Gasteiger partial charge in [0.15, 0.2) is 11.5 Å². The van der Waals surface area contributed by atoms with Gasteiger partial charge in [-0.15, -0.1) is 0 Å². The summed E-state index contributed by atoms with van der Waals surface area (Å²) in [7, 11) is 0. The molecular formula is C13H20O3. The summed E-state index contributed by atoms with van der Waals surface area (Å²) >= 11 is 0. The molecule has 3 heteroatoms. The van der Waals surface area contributed by atoms with E-state index in [9.17, 15) is 10.2 Å². The monoisotopic (exact) mass is 224 g/mol. The Balaban J connectivity index is 2.45. The van der Waals surface area contributed by atoms with E-state index in [1.807, 2.05) is 0 Å². The maximum absolute atomic E-state index is 9.50. The largest absolute Gasteiger partial charge is 0.504 e.